The van der Waals surface area contributed by atoms with E-state index in [0.29, 0.717) is 29.5 Å². The second kappa shape index (κ2) is 8.62. The van der Waals surface area contributed by atoms with Gasteiger partial charge in [-0.05, 0) is 30.2 Å². The summed E-state index contributed by atoms with van der Waals surface area (Å²) in [5.41, 5.74) is 2.85. The second-order valence-corrected chi connectivity index (χ2v) is 8.30. The number of carbonyl (C=O) groups excluding carboxylic acids is 2. The third-order valence-corrected chi connectivity index (χ3v) is 5.85. The Bertz CT molecular complexity index is 1070. The summed E-state index contributed by atoms with van der Waals surface area (Å²) in [4.78, 5) is 27.0. The van der Waals surface area contributed by atoms with Crippen LogP contribution in [0.15, 0.2) is 48.5 Å². The highest BCUT2D eigenvalue weighted by Gasteiger charge is 2.36. The summed E-state index contributed by atoms with van der Waals surface area (Å²) in [7, 11) is 1.57. The Morgan fingerprint density at radius 1 is 1.23 bits per heavy atom. The molecular formula is C22H22N4O3S. The molecule has 1 aromatic heterocycles. The zero-order chi connectivity index (χ0) is 21.1. The first-order chi connectivity index (χ1) is 14.5. The normalized spacial score (nSPS) is 16.0. The number of aromatic nitrogens is 2. The first-order valence-corrected chi connectivity index (χ1v) is 10.5. The molecule has 1 atom stereocenters. The summed E-state index contributed by atoms with van der Waals surface area (Å²) in [5.74, 6) is -0.158. The maximum Gasteiger partial charge on any atom is 0.231 e. The van der Waals surface area contributed by atoms with Crippen LogP contribution in [0.5, 0.6) is 5.75 Å². The van der Waals surface area contributed by atoms with Gasteiger partial charge in [-0.3, -0.25) is 9.59 Å². The van der Waals surface area contributed by atoms with E-state index in [1.54, 1.807) is 12.0 Å². The van der Waals surface area contributed by atoms with Gasteiger partial charge in [0, 0.05) is 19.4 Å². The monoisotopic (exact) mass is 422 g/mol. The van der Waals surface area contributed by atoms with Crippen LogP contribution in [-0.2, 0) is 16.0 Å². The van der Waals surface area contributed by atoms with Crippen molar-refractivity contribution < 1.29 is 14.3 Å². The van der Waals surface area contributed by atoms with E-state index in [9.17, 15) is 9.59 Å². The molecule has 2 heterocycles. The molecule has 0 bridgehead atoms. The van der Waals surface area contributed by atoms with Gasteiger partial charge in [0.05, 0.1) is 18.7 Å². The van der Waals surface area contributed by atoms with Gasteiger partial charge in [-0.15, -0.1) is 10.2 Å². The Morgan fingerprint density at radius 3 is 2.80 bits per heavy atom. The average Bonchev–Trinajstić information content (AvgIpc) is 3.35. The van der Waals surface area contributed by atoms with Crippen LogP contribution in [0.1, 0.15) is 22.6 Å². The Balaban J connectivity index is 1.42. The molecular weight excluding hydrogens is 400 g/mol. The number of aryl methyl sites for hydroxylation is 1. The zero-order valence-electron chi connectivity index (χ0n) is 16.8. The lowest BCUT2D eigenvalue weighted by atomic mass is 10.1. The van der Waals surface area contributed by atoms with E-state index < -0.39 is 5.92 Å². The molecule has 0 radical (unpaired) electrons. The van der Waals surface area contributed by atoms with Crippen molar-refractivity contribution in [3.63, 3.8) is 0 Å². The lowest BCUT2D eigenvalue weighted by Gasteiger charge is -2.20. The molecule has 1 aliphatic heterocycles. The van der Waals surface area contributed by atoms with E-state index in [-0.39, 0.29) is 18.2 Å². The van der Waals surface area contributed by atoms with Crippen molar-refractivity contribution in [2.24, 2.45) is 5.92 Å². The van der Waals surface area contributed by atoms with Crippen LogP contribution in [0.4, 0.5) is 10.8 Å². The van der Waals surface area contributed by atoms with Crippen molar-refractivity contribution in [3.05, 3.63) is 64.7 Å². The third kappa shape index (κ3) is 4.33. The second-order valence-electron chi connectivity index (χ2n) is 7.23. The predicted octanol–water partition coefficient (Wildman–Crippen LogP) is 3.44. The van der Waals surface area contributed by atoms with Crippen LogP contribution >= 0.6 is 11.3 Å². The van der Waals surface area contributed by atoms with E-state index in [2.05, 4.69) is 15.5 Å². The number of nitrogens with zero attached hydrogens (tertiary/aromatic N) is 3. The molecule has 154 valence electrons. The summed E-state index contributed by atoms with van der Waals surface area (Å²) in [6, 6.07) is 15.6. The van der Waals surface area contributed by atoms with Crippen LogP contribution in [0.25, 0.3) is 0 Å². The molecule has 2 amide bonds. The van der Waals surface area contributed by atoms with E-state index in [1.807, 2.05) is 55.5 Å². The van der Waals surface area contributed by atoms with Gasteiger partial charge in [0.2, 0.25) is 16.9 Å². The Kier molecular flexibility index (Phi) is 5.76. The number of hydrogen-bond acceptors (Lipinski definition) is 6. The molecule has 1 N–H and O–H groups in total. The highest BCUT2D eigenvalue weighted by molar-refractivity contribution is 7.15. The number of benzene rings is 2. The summed E-state index contributed by atoms with van der Waals surface area (Å²) in [6.07, 6.45) is 0.815. The van der Waals surface area contributed by atoms with Crippen LogP contribution in [0.3, 0.4) is 0 Å². The summed E-state index contributed by atoms with van der Waals surface area (Å²) >= 11 is 1.35. The van der Waals surface area contributed by atoms with Crippen molar-refractivity contribution >= 4 is 34.0 Å². The molecule has 0 spiro atoms. The number of carbonyl (C=O) groups is 2. The SMILES string of the molecule is COc1ccc(C)cc1N1CC(C(=O)Nc2nnc(Cc3ccccc3)s2)CC1=O. The van der Waals surface area contributed by atoms with Crippen LogP contribution < -0.4 is 15.0 Å². The molecule has 0 aliphatic carbocycles. The molecule has 1 aliphatic rings. The fourth-order valence-corrected chi connectivity index (χ4v) is 4.26. The molecule has 8 heteroatoms. The zero-order valence-corrected chi connectivity index (χ0v) is 17.6. The highest BCUT2D eigenvalue weighted by atomic mass is 32.1. The predicted molar refractivity (Wildman–Crippen MR) is 116 cm³/mol. The average molecular weight is 423 g/mol. The first-order valence-electron chi connectivity index (χ1n) is 9.65. The van der Waals surface area contributed by atoms with Crippen molar-refractivity contribution in [1.29, 1.82) is 0 Å². The van der Waals surface area contributed by atoms with Gasteiger partial charge in [0.1, 0.15) is 10.8 Å². The molecule has 4 rings (SSSR count). The minimum absolute atomic E-state index is 0.0962. The topological polar surface area (TPSA) is 84.4 Å². The number of anilines is 2. The van der Waals surface area contributed by atoms with Gasteiger partial charge >= 0.3 is 0 Å². The largest absolute Gasteiger partial charge is 0.495 e. The smallest absolute Gasteiger partial charge is 0.231 e. The molecule has 0 saturated carbocycles. The fraction of sp³-hybridized carbons (Fsp3) is 0.273. The molecule has 1 fully saturated rings. The quantitative estimate of drug-likeness (QED) is 0.658. The Hall–Kier alpha value is -3.26. The maximum atomic E-state index is 12.7. The molecule has 1 unspecified atom stereocenters. The fourth-order valence-electron chi connectivity index (χ4n) is 3.48. The van der Waals surface area contributed by atoms with Crippen LogP contribution in [0.2, 0.25) is 0 Å². The van der Waals surface area contributed by atoms with Gasteiger partial charge in [-0.25, -0.2) is 0 Å². The number of ether oxygens (including phenoxy) is 1. The molecule has 2 aromatic carbocycles. The van der Waals surface area contributed by atoms with Gasteiger partial charge in [0.15, 0.2) is 0 Å². The van der Waals surface area contributed by atoms with Crippen molar-refractivity contribution in [2.75, 3.05) is 23.9 Å². The van der Waals surface area contributed by atoms with E-state index in [0.717, 1.165) is 16.1 Å². The van der Waals surface area contributed by atoms with Gasteiger partial charge in [-0.1, -0.05) is 47.7 Å². The molecule has 3 aromatic rings. The first kappa shape index (κ1) is 20.0. The third-order valence-electron chi connectivity index (χ3n) is 5.02. The molecule has 30 heavy (non-hydrogen) atoms. The van der Waals surface area contributed by atoms with Crippen molar-refractivity contribution in [1.82, 2.24) is 10.2 Å². The number of hydrogen-bond donors (Lipinski definition) is 1. The van der Waals surface area contributed by atoms with Crippen molar-refractivity contribution in [2.45, 2.75) is 19.8 Å². The highest BCUT2D eigenvalue weighted by Crippen LogP contribution is 2.34. The lowest BCUT2D eigenvalue weighted by Crippen LogP contribution is -2.28. The maximum absolute atomic E-state index is 12.7. The lowest BCUT2D eigenvalue weighted by molar-refractivity contribution is -0.122. The number of rotatable bonds is 6. The number of methoxy groups -OCH3 is 1. The Labute approximate surface area is 178 Å². The van der Waals surface area contributed by atoms with Gasteiger partial charge in [0.25, 0.3) is 0 Å². The summed E-state index contributed by atoms with van der Waals surface area (Å²) < 4.78 is 5.39. The van der Waals surface area contributed by atoms with E-state index in [1.165, 1.54) is 11.3 Å². The van der Waals surface area contributed by atoms with E-state index in [4.69, 9.17) is 4.74 Å². The standard InChI is InChI=1S/C22H22N4O3S/c1-14-8-9-18(29-2)17(10-14)26-13-16(12-20(26)27)21(28)23-22-25-24-19(30-22)11-15-6-4-3-5-7-15/h3-10,16H,11-13H2,1-2H3,(H,23,25,28). The number of nitrogens with one attached hydrogen (secondary N) is 1. The Morgan fingerprint density at radius 2 is 2.03 bits per heavy atom. The number of amides is 2. The summed E-state index contributed by atoms with van der Waals surface area (Å²) in [5, 5.41) is 12.3. The molecule has 7 nitrogen and oxygen atoms in total. The van der Waals surface area contributed by atoms with Crippen LogP contribution in [-0.4, -0.2) is 35.7 Å². The minimum Gasteiger partial charge on any atom is -0.495 e. The van der Waals surface area contributed by atoms with Crippen LogP contribution in [0, 0.1) is 12.8 Å². The molecule has 1 saturated heterocycles. The van der Waals surface area contributed by atoms with Gasteiger partial charge < -0.3 is 15.0 Å². The van der Waals surface area contributed by atoms with E-state index >= 15 is 0 Å². The van der Waals surface area contributed by atoms with Gasteiger partial charge in [-0.2, -0.15) is 0 Å². The minimum atomic E-state index is -0.454. The van der Waals surface area contributed by atoms with Crippen molar-refractivity contribution in [3.8, 4) is 5.75 Å². The summed E-state index contributed by atoms with van der Waals surface area (Å²) in [6.45, 7) is 2.26.